The molecule has 2 N–H and O–H groups in total. The standard InChI is InChI=1S/C14H20FN3O2/c1-18(9-10-4-2-3-5-12(10)19)14(20)17-11-6-7-13(15)16-8-11/h6-8,10,12,19H,2-5,9H2,1H3,(H,17,20). The molecule has 110 valence electrons. The Kier molecular flexibility index (Phi) is 4.89. The lowest BCUT2D eigenvalue weighted by Gasteiger charge is -2.31. The van der Waals surface area contributed by atoms with E-state index in [-0.39, 0.29) is 18.1 Å². The number of carbonyl (C=O) groups excluding carboxylic acids is 1. The average molecular weight is 281 g/mol. The Bertz CT molecular complexity index is 452. The minimum absolute atomic E-state index is 0.130. The maximum absolute atomic E-state index is 12.7. The average Bonchev–Trinajstić information content (AvgIpc) is 2.44. The second-order valence-corrected chi connectivity index (χ2v) is 5.29. The molecule has 0 radical (unpaired) electrons. The van der Waals surface area contributed by atoms with Gasteiger partial charge in [-0.1, -0.05) is 12.8 Å². The van der Waals surface area contributed by atoms with Crippen LogP contribution >= 0.6 is 0 Å². The van der Waals surface area contributed by atoms with Crippen molar-refractivity contribution in [3.05, 3.63) is 24.3 Å². The van der Waals surface area contributed by atoms with E-state index in [2.05, 4.69) is 10.3 Å². The summed E-state index contributed by atoms with van der Waals surface area (Å²) in [4.78, 5) is 17.0. The largest absolute Gasteiger partial charge is 0.393 e. The fraction of sp³-hybridized carbons (Fsp3) is 0.571. The van der Waals surface area contributed by atoms with Crippen molar-refractivity contribution in [1.29, 1.82) is 0 Å². The molecule has 1 fully saturated rings. The van der Waals surface area contributed by atoms with E-state index in [1.165, 1.54) is 18.3 Å². The molecule has 0 aromatic carbocycles. The van der Waals surface area contributed by atoms with Gasteiger partial charge in [-0.05, 0) is 25.0 Å². The molecule has 2 atom stereocenters. The number of aliphatic hydroxyl groups excluding tert-OH is 1. The Morgan fingerprint density at radius 2 is 2.25 bits per heavy atom. The number of carbonyl (C=O) groups is 1. The molecular weight excluding hydrogens is 261 g/mol. The highest BCUT2D eigenvalue weighted by Gasteiger charge is 2.25. The van der Waals surface area contributed by atoms with Crippen LogP contribution < -0.4 is 5.32 Å². The van der Waals surface area contributed by atoms with Gasteiger partial charge in [0.05, 0.1) is 18.0 Å². The van der Waals surface area contributed by atoms with Gasteiger partial charge in [0.15, 0.2) is 0 Å². The van der Waals surface area contributed by atoms with Crippen LogP contribution in [-0.4, -0.2) is 40.7 Å². The van der Waals surface area contributed by atoms with Crippen molar-refractivity contribution in [3.63, 3.8) is 0 Å². The first-order valence-electron chi connectivity index (χ1n) is 6.88. The summed E-state index contributed by atoms with van der Waals surface area (Å²) in [6.07, 6.45) is 4.84. The summed E-state index contributed by atoms with van der Waals surface area (Å²) in [5.41, 5.74) is 0.451. The van der Waals surface area contributed by atoms with E-state index < -0.39 is 5.95 Å². The maximum atomic E-state index is 12.7. The van der Waals surface area contributed by atoms with E-state index in [4.69, 9.17) is 0 Å². The lowest BCUT2D eigenvalue weighted by Crippen LogP contribution is -2.40. The summed E-state index contributed by atoms with van der Waals surface area (Å²) >= 11 is 0. The highest BCUT2D eigenvalue weighted by molar-refractivity contribution is 5.88. The normalized spacial score (nSPS) is 22.4. The molecule has 1 aromatic rings. The van der Waals surface area contributed by atoms with Crippen molar-refractivity contribution in [2.75, 3.05) is 18.9 Å². The predicted molar refractivity (Wildman–Crippen MR) is 73.8 cm³/mol. The zero-order valence-electron chi connectivity index (χ0n) is 11.6. The number of rotatable bonds is 3. The molecule has 1 aromatic heterocycles. The Hall–Kier alpha value is -1.69. The lowest BCUT2D eigenvalue weighted by molar-refractivity contribution is 0.0575. The van der Waals surface area contributed by atoms with E-state index in [0.717, 1.165) is 25.7 Å². The van der Waals surface area contributed by atoms with Crippen LogP contribution in [0.25, 0.3) is 0 Å². The molecule has 1 aliphatic rings. The fourth-order valence-electron chi connectivity index (χ4n) is 2.50. The number of anilines is 1. The number of nitrogens with one attached hydrogen (secondary N) is 1. The van der Waals surface area contributed by atoms with Crippen LogP contribution in [0.3, 0.4) is 0 Å². The van der Waals surface area contributed by atoms with E-state index in [1.54, 1.807) is 11.9 Å². The molecule has 1 heterocycles. The second kappa shape index (κ2) is 6.65. The van der Waals surface area contributed by atoms with Crippen LogP contribution in [-0.2, 0) is 0 Å². The Labute approximate surface area is 117 Å². The molecule has 2 amide bonds. The molecule has 0 saturated heterocycles. The van der Waals surface area contributed by atoms with Gasteiger partial charge in [0.1, 0.15) is 0 Å². The van der Waals surface area contributed by atoms with Crippen molar-refractivity contribution >= 4 is 11.7 Å². The first kappa shape index (κ1) is 14.7. The van der Waals surface area contributed by atoms with E-state index in [0.29, 0.717) is 12.2 Å². The molecule has 0 bridgehead atoms. The fourth-order valence-corrected chi connectivity index (χ4v) is 2.50. The van der Waals surface area contributed by atoms with Crippen molar-refractivity contribution in [2.24, 2.45) is 5.92 Å². The predicted octanol–water partition coefficient (Wildman–Crippen LogP) is 2.24. The number of hydrogen-bond donors (Lipinski definition) is 2. The molecule has 1 saturated carbocycles. The summed E-state index contributed by atoms with van der Waals surface area (Å²) in [5, 5.41) is 12.6. The van der Waals surface area contributed by atoms with Gasteiger partial charge in [-0.15, -0.1) is 0 Å². The Morgan fingerprint density at radius 1 is 1.50 bits per heavy atom. The molecular formula is C14H20FN3O2. The number of nitrogens with zero attached hydrogens (tertiary/aromatic N) is 2. The van der Waals surface area contributed by atoms with Gasteiger partial charge in [0, 0.05) is 19.5 Å². The number of pyridine rings is 1. The number of urea groups is 1. The molecule has 0 spiro atoms. The van der Waals surface area contributed by atoms with Gasteiger partial charge in [-0.2, -0.15) is 4.39 Å². The summed E-state index contributed by atoms with van der Waals surface area (Å²) in [6.45, 7) is 0.515. The number of hydrogen-bond acceptors (Lipinski definition) is 3. The quantitative estimate of drug-likeness (QED) is 0.835. The SMILES string of the molecule is CN(CC1CCCCC1O)C(=O)Nc1ccc(F)nc1. The number of aliphatic hydroxyl groups is 1. The molecule has 2 unspecified atom stereocenters. The number of halogens is 1. The van der Waals surface area contributed by atoms with E-state index >= 15 is 0 Å². The second-order valence-electron chi connectivity index (χ2n) is 5.29. The third-order valence-corrected chi connectivity index (χ3v) is 3.70. The van der Waals surface area contributed by atoms with E-state index in [9.17, 15) is 14.3 Å². The van der Waals surface area contributed by atoms with Gasteiger partial charge in [-0.25, -0.2) is 9.78 Å². The minimum atomic E-state index is -0.582. The summed E-state index contributed by atoms with van der Waals surface area (Å²) in [7, 11) is 1.69. The van der Waals surface area contributed by atoms with Gasteiger partial charge in [0.25, 0.3) is 0 Å². The molecule has 0 aliphatic heterocycles. The van der Waals surface area contributed by atoms with Gasteiger partial charge in [-0.3, -0.25) is 0 Å². The van der Waals surface area contributed by atoms with Crippen molar-refractivity contribution < 1.29 is 14.3 Å². The van der Waals surface area contributed by atoms with Crippen LogP contribution in [0.4, 0.5) is 14.9 Å². The zero-order chi connectivity index (χ0) is 14.5. The molecule has 2 rings (SSSR count). The Balaban J connectivity index is 1.86. The zero-order valence-corrected chi connectivity index (χ0v) is 11.6. The van der Waals surface area contributed by atoms with Crippen LogP contribution in [0.15, 0.2) is 18.3 Å². The van der Waals surface area contributed by atoms with Crippen molar-refractivity contribution in [1.82, 2.24) is 9.88 Å². The van der Waals surface area contributed by atoms with Crippen LogP contribution in [0.5, 0.6) is 0 Å². The maximum Gasteiger partial charge on any atom is 0.321 e. The monoisotopic (exact) mass is 281 g/mol. The van der Waals surface area contributed by atoms with Crippen molar-refractivity contribution in [2.45, 2.75) is 31.8 Å². The molecule has 1 aliphatic carbocycles. The van der Waals surface area contributed by atoms with Crippen LogP contribution in [0, 0.1) is 11.9 Å². The smallest absolute Gasteiger partial charge is 0.321 e. The summed E-state index contributed by atoms with van der Waals surface area (Å²) in [6, 6.07) is 2.38. The summed E-state index contributed by atoms with van der Waals surface area (Å²) < 4.78 is 12.7. The molecule has 6 heteroatoms. The van der Waals surface area contributed by atoms with Gasteiger partial charge >= 0.3 is 6.03 Å². The number of aromatic nitrogens is 1. The number of amides is 2. The first-order chi connectivity index (χ1) is 9.56. The van der Waals surface area contributed by atoms with Crippen molar-refractivity contribution in [3.8, 4) is 0 Å². The minimum Gasteiger partial charge on any atom is -0.393 e. The Morgan fingerprint density at radius 3 is 2.90 bits per heavy atom. The van der Waals surface area contributed by atoms with Crippen LogP contribution in [0.2, 0.25) is 0 Å². The highest BCUT2D eigenvalue weighted by atomic mass is 19.1. The third-order valence-electron chi connectivity index (χ3n) is 3.70. The van der Waals surface area contributed by atoms with Crippen LogP contribution in [0.1, 0.15) is 25.7 Å². The highest BCUT2D eigenvalue weighted by Crippen LogP contribution is 2.25. The van der Waals surface area contributed by atoms with E-state index in [1.807, 2.05) is 0 Å². The summed E-state index contributed by atoms with van der Waals surface area (Å²) in [5.74, 6) is -0.451. The lowest BCUT2D eigenvalue weighted by atomic mass is 9.86. The van der Waals surface area contributed by atoms with Gasteiger partial charge in [0.2, 0.25) is 5.95 Å². The third kappa shape index (κ3) is 3.90. The molecule has 5 nitrogen and oxygen atoms in total. The first-order valence-corrected chi connectivity index (χ1v) is 6.88. The van der Waals surface area contributed by atoms with Gasteiger partial charge < -0.3 is 15.3 Å². The molecule has 20 heavy (non-hydrogen) atoms. The topological polar surface area (TPSA) is 65.5 Å².